The third kappa shape index (κ3) is 3.76. The van der Waals surface area contributed by atoms with Crippen LogP contribution in [0.25, 0.3) is 11.0 Å². The molecule has 0 fully saturated rings. The van der Waals surface area contributed by atoms with Crippen LogP contribution >= 0.6 is 0 Å². The summed E-state index contributed by atoms with van der Waals surface area (Å²) < 4.78 is 4.99. The molecule has 0 bridgehead atoms. The Balaban J connectivity index is 2.00. The zero-order chi connectivity index (χ0) is 23.0. The van der Waals surface area contributed by atoms with Gasteiger partial charge in [0.15, 0.2) is 0 Å². The number of carbonyl (C=O) groups excluding carboxylic acids is 2. The number of phenolic OH excluding ortho intramolecular Hbond substituents is 1. The number of aromatic carboxylic acids is 1. The smallest absolute Gasteiger partial charge is 0.349 e. The van der Waals surface area contributed by atoms with Crippen LogP contribution in [0.3, 0.4) is 0 Å². The SMILES string of the molecule is Cc1c(O)c([N+](=O)[O-])cc2cc(C(=O)NC(=O)c3ccc(O)c(C(=O)O)c3)c(=O)oc12. The molecule has 4 N–H and O–H groups in total. The molecule has 12 heteroatoms. The molecule has 0 atom stereocenters. The molecule has 0 saturated carbocycles. The van der Waals surface area contributed by atoms with Crippen molar-refractivity contribution in [2.24, 2.45) is 0 Å². The van der Waals surface area contributed by atoms with E-state index in [2.05, 4.69) is 0 Å². The molecule has 3 aromatic rings. The largest absolute Gasteiger partial charge is 0.507 e. The number of hydrogen-bond donors (Lipinski definition) is 4. The minimum atomic E-state index is -1.51. The van der Waals surface area contributed by atoms with E-state index in [4.69, 9.17) is 9.52 Å². The van der Waals surface area contributed by atoms with E-state index in [9.17, 15) is 39.5 Å². The predicted molar refractivity (Wildman–Crippen MR) is 102 cm³/mol. The van der Waals surface area contributed by atoms with Crippen molar-refractivity contribution in [1.82, 2.24) is 5.32 Å². The first-order valence-corrected chi connectivity index (χ1v) is 8.38. The molecule has 2 aromatic carbocycles. The van der Waals surface area contributed by atoms with Gasteiger partial charge in [0.25, 0.3) is 11.8 Å². The number of carboxylic acids is 1. The summed E-state index contributed by atoms with van der Waals surface area (Å²) in [7, 11) is 0. The lowest BCUT2D eigenvalue weighted by molar-refractivity contribution is -0.385. The van der Waals surface area contributed by atoms with E-state index in [-0.39, 0.29) is 22.1 Å². The Hall–Kier alpha value is -4.74. The normalized spacial score (nSPS) is 10.6. The maximum absolute atomic E-state index is 12.4. The summed E-state index contributed by atoms with van der Waals surface area (Å²) >= 11 is 0. The van der Waals surface area contributed by atoms with Crippen molar-refractivity contribution in [2.45, 2.75) is 6.92 Å². The Morgan fingerprint density at radius 1 is 1.06 bits per heavy atom. The molecular formula is C19H12N2O10. The number of nitrogens with zero attached hydrogens (tertiary/aromatic N) is 1. The lowest BCUT2D eigenvalue weighted by Gasteiger charge is -2.08. The summed E-state index contributed by atoms with van der Waals surface area (Å²) in [5.41, 5.74) is -3.64. The number of benzene rings is 2. The Morgan fingerprint density at radius 2 is 1.74 bits per heavy atom. The van der Waals surface area contributed by atoms with Gasteiger partial charge in [-0.2, -0.15) is 0 Å². The second kappa shape index (κ2) is 7.59. The van der Waals surface area contributed by atoms with Gasteiger partial charge in [0.2, 0.25) is 5.75 Å². The van der Waals surface area contributed by atoms with Crippen molar-refractivity contribution in [2.75, 3.05) is 0 Å². The van der Waals surface area contributed by atoms with Gasteiger partial charge in [-0.05, 0) is 31.2 Å². The van der Waals surface area contributed by atoms with Crippen molar-refractivity contribution in [3.8, 4) is 11.5 Å². The molecule has 1 heterocycles. The monoisotopic (exact) mass is 428 g/mol. The van der Waals surface area contributed by atoms with Crippen molar-refractivity contribution in [3.05, 3.63) is 73.1 Å². The summed E-state index contributed by atoms with van der Waals surface area (Å²) in [4.78, 5) is 58.1. The molecule has 158 valence electrons. The first kappa shape index (κ1) is 21.0. The molecule has 0 spiro atoms. The highest BCUT2D eigenvalue weighted by Gasteiger charge is 2.24. The van der Waals surface area contributed by atoms with Gasteiger partial charge >= 0.3 is 17.3 Å². The Labute approximate surface area is 171 Å². The number of nitro benzene ring substituents is 1. The number of aryl methyl sites for hydroxylation is 1. The molecule has 0 aliphatic carbocycles. The average molecular weight is 428 g/mol. The van der Waals surface area contributed by atoms with Crippen molar-refractivity contribution in [3.63, 3.8) is 0 Å². The van der Waals surface area contributed by atoms with E-state index in [1.165, 1.54) is 6.92 Å². The quantitative estimate of drug-likeness (QED) is 0.205. The molecule has 0 saturated heterocycles. The number of nitrogens with one attached hydrogen (secondary N) is 1. The molecule has 0 aliphatic heterocycles. The molecule has 1 aromatic heterocycles. The Morgan fingerprint density at radius 3 is 2.35 bits per heavy atom. The Bertz CT molecular complexity index is 1360. The van der Waals surface area contributed by atoms with Gasteiger partial charge < -0.3 is 19.7 Å². The van der Waals surface area contributed by atoms with Crippen molar-refractivity contribution in [1.29, 1.82) is 0 Å². The average Bonchev–Trinajstić information content (AvgIpc) is 2.70. The number of fused-ring (bicyclic) bond motifs is 1. The van der Waals surface area contributed by atoms with Gasteiger partial charge in [0, 0.05) is 22.6 Å². The van der Waals surface area contributed by atoms with Gasteiger partial charge in [-0.15, -0.1) is 0 Å². The fraction of sp³-hybridized carbons (Fsp3) is 0.0526. The number of imide groups is 1. The first-order valence-electron chi connectivity index (χ1n) is 8.38. The zero-order valence-electron chi connectivity index (χ0n) is 15.5. The fourth-order valence-corrected chi connectivity index (χ4v) is 2.79. The minimum absolute atomic E-state index is 0.0444. The Kier molecular flexibility index (Phi) is 5.14. The van der Waals surface area contributed by atoms with Gasteiger partial charge in [0.1, 0.15) is 22.5 Å². The van der Waals surface area contributed by atoms with Crippen LogP contribution in [0.5, 0.6) is 11.5 Å². The van der Waals surface area contributed by atoms with Crippen LogP contribution in [-0.4, -0.2) is 38.0 Å². The predicted octanol–water partition coefficient (Wildman–Crippen LogP) is 1.69. The number of carboxylic acid groups (broad SMARTS) is 1. The summed E-state index contributed by atoms with van der Waals surface area (Å²) in [6, 6.07) is 4.70. The van der Waals surface area contributed by atoms with E-state index < -0.39 is 56.6 Å². The fourth-order valence-electron chi connectivity index (χ4n) is 2.79. The highest BCUT2D eigenvalue weighted by atomic mass is 16.6. The van der Waals surface area contributed by atoms with Crippen molar-refractivity contribution < 1.29 is 39.0 Å². The molecule has 0 aliphatic rings. The summed E-state index contributed by atoms with van der Waals surface area (Å²) in [5.74, 6) is -5.08. The van der Waals surface area contributed by atoms with Crippen LogP contribution in [0.1, 0.15) is 36.6 Å². The van der Waals surface area contributed by atoms with Gasteiger partial charge in [-0.1, -0.05) is 0 Å². The number of amides is 2. The van der Waals surface area contributed by atoms with E-state index in [1.54, 1.807) is 0 Å². The standard InChI is InChI=1S/C19H12N2O10/c1-7-14(23)12(21(29)30)6-9-5-11(19(28)31-15(7)9)17(25)20-16(24)8-2-3-13(22)10(4-8)18(26)27/h2-6,22-23H,1H3,(H,26,27)(H,20,24,25). The number of carbonyl (C=O) groups is 3. The number of aromatic hydroxyl groups is 2. The number of nitro groups is 1. The van der Waals surface area contributed by atoms with Crippen molar-refractivity contribution >= 4 is 34.4 Å². The third-order valence-electron chi connectivity index (χ3n) is 4.36. The highest BCUT2D eigenvalue weighted by molar-refractivity contribution is 6.11. The van der Waals surface area contributed by atoms with Gasteiger partial charge in [-0.3, -0.25) is 25.0 Å². The summed E-state index contributed by atoms with van der Waals surface area (Å²) in [6.45, 7) is 1.28. The molecule has 12 nitrogen and oxygen atoms in total. The molecule has 3 rings (SSSR count). The maximum Gasteiger partial charge on any atom is 0.349 e. The first-order chi connectivity index (χ1) is 14.5. The van der Waals surface area contributed by atoms with Crippen LogP contribution in [0.4, 0.5) is 5.69 Å². The second-order valence-corrected chi connectivity index (χ2v) is 6.31. The lowest BCUT2D eigenvalue weighted by Crippen LogP contribution is -2.33. The van der Waals surface area contributed by atoms with Gasteiger partial charge in [-0.25, -0.2) is 9.59 Å². The molecular weight excluding hydrogens is 416 g/mol. The number of hydrogen-bond acceptors (Lipinski definition) is 9. The highest BCUT2D eigenvalue weighted by Crippen LogP contribution is 2.35. The summed E-state index contributed by atoms with van der Waals surface area (Å²) in [6.07, 6.45) is 0. The van der Waals surface area contributed by atoms with Crippen LogP contribution in [0.2, 0.25) is 0 Å². The van der Waals surface area contributed by atoms with E-state index >= 15 is 0 Å². The van der Waals surface area contributed by atoms with Crippen LogP contribution in [0.15, 0.2) is 39.5 Å². The third-order valence-corrected chi connectivity index (χ3v) is 4.36. The topological polar surface area (TPSA) is 197 Å². The lowest BCUT2D eigenvalue weighted by atomic mass is 10.1. The van der Waals surface area contributed by atoms with Crippen LogP contribution in [0, 0.1) is 17.0 Å². The van der Waals surface area contributed by atoms with Crippen LogP contribution < -0.4 is 10.9 Å². The minimum Gasteiger partial charge on any atom is -0.507 e. The van der Waals surface area contributed by atoms with E-state index in [1.807, 2.05) is 5.32 Å². The van der Waals surface area contributed by atoms with Crippen LogP contribution in [-0.2, 0) is 0 Å². The molecule has 2 amide bonds. The molecule has 0 radical (unpaired) electrons. The van der Waals surface area contributed by atoms with E-state index in [0.29, 0.717) is 0 Å². The number of rotatable bonds is 4. The zero-order valence-corrected chi connectivity index (χ0v) is 15.5. The van der Waals surface area contributed by atoms with E-state index in [0.717, 1.165) is 30.3 Å². The van der Waals surface area contributed by atoms with Gasteiger partial charge in [0.05, 0.1) is 4.92 Å². The molecule has 0 unspecified atom stereocenters. The maximum atomic E-state index is 12.4. The second-order valence-electron chi connectivity index (χ2n) is 6.31. The molecule has 31 heavy (non-hydrogen) atoms. The summed E-state index contributed by atoms with van der Waals surface area (Å²) in [5, 5.41) is 41.3. The number of phenols is 2.